The Labute approximate surface area is 341 Å². The van der Waals surface area contributed by atoms with Crippen LogP contribution in [0.2, 0.25) is 0 Å². The number of phenolic OH excluding ortho intramolecular Hbond substituents is 2. The average Bonchev–Trinajstić information content (AvgIpc) is 3.08. The van der Waals surface area contributed by atoms with Gasteiger partial charge in [-0.1, -0.05) is 48.6 Å². The summed E-state index contributed by atoms with van der Waals surface area (Å²) < 4.78 is 48.4. The smallest absolute Gasteiger partial charge is 0.506 e. The number of sulfonamides is 2. The van der Waals surface area contributed by atoms with Gasteiger partial charge in [0.15, 0.2) is 0 Å². The van der Waals surface area contributed by atoms with E-state index < -0.39 is 30.8 Å². The minimum Gasteiger partial charge on any atom is -0.506 e. The van der Waals surface area contributed by atoms with E-state index in [2.05, 4.69) is 25.8 Å². The Morgan fingerprint density at radius 1 is 0.722 bits per heavy atom. The Morgan fingerprint density at radius 2 is 1.28 bits per heavy atom. The molecule has 4 aromatic carbocycles. The molecule has 17 nitrogen and oxygen atoms in total. The van der Waals surface area contributed by atoms with Crippen LogP contribution in [0.4, 0.5) is 22.7 Å². The fourth-order valence-corrected chi connectivity index (χ4v) is 5.94. The largest absolute Gasteiger partial charge is 1.00 e. The van der Waals surface area contributed by atoms with E-state index in [1.54, 1.807) is 30.3 Å². The number of hydrogen-bond donors (Lipinski definition) is 6. The first-order valence-corrected chi connectivity index (χ1v) is 18.1. The second-order valence-electron chi connectivity index (χ2n) is 11.0. The van der Waals surface area contributed by atoms with Gasteiger partial charge in [0.05, 0.1) is 27.4 Å². The maximum atomic E-state index is 12.4. The Kier molecular flexibility index (Phi) is 14.2. The van der Waals surface area contributed by atoms with Gasteiger partial charge in [0, 0.05) is 40.6 Å². The van der Waals surface area contributed by atoms with E-state index in [4.69, 9.17) is 5.14 Å². The van der Waals surface area contributed by atoms with Crippen molar-refractivity contribution in [3.05, 3.63) is 123 Å². The molecular formula is C33H27CrN7NaO10S2+. The number of allylic oxidation sites excluding steroid dienone is 2. The molecule has 54 heavy (non-hydrogen) atoms. The van der Waals surface area contributed by atoms with Gasteiger partial charge in [-0.3, -0.25) is 35.3 Å². The number of anilines is 3. The predicted molar refractivity (Wildman–Crippen MR) is 194 cm³/mol. The summed E-state index contributed by atoms with van der Waals surface area (Å²) in [5.74, 6) is -1.34. The van der Waals surface area contributed by atoms with Crippen LogP contribution in [0.3, 0.4) is 0 Å². The molecular weight excluding hydrogens is 794 g/mol. The number of nitro benzene ring substituents is 1. The number of hydrogen-bond acceptors (Lipinski definition) is 14. The molecule has 4 aromatic rings. The third-order valence-electron chi connectivity index (χ3n) is 7.20. The van der Waals surface area contributed by atoms with Gasteiger partial charge < -0.3 is 10.2 Å². The molecule has 0 unspecified atom stereocenters. The molecule has 2 aliphatic rings. The maximum Gasteiger partial charge on any atom is 1.00 e. The van der Waals surface area contributed by atoms with Crippen molar-refractivity contribution in [2.75, 3.05) is 21.8 Å². The second kappa shape index (κ2) is 17.8. The molecule has 0 saturated carbocycles. The molecule has 0 aliphatic heterocycles. The minimum atomic E-state index is -3.92. The fourth-order valence-electron chi connectivity index (χ4n) is 4.83. The number of nitrogens with zero attached hydrogens (tertiary/aromatic N) is 3. The van der Waals surface area contributed by atoms with Crippen LogP contribution >= 0.6 is 0 Å². The molecule has 0 fully saturated rings. The molecule has 0 heterocycles. The Bertz CT molecular complexity index is 2510. The SMILES string of the molecule is CS(=O)(=O)Nc1cccc2c1/C(=N/Nc1cc([N+](=O)[O-])ccc1O)C(=O)C=C2.NS(=O)(=O)c1ccc(O)c(N/N=C2\C(=O)C=Cc3ccccc32)c1.[Cr].[Na+]. The number of carbonyl (C=O) groups is 2. The summed E-state index contributed by atoms with van der Waals surface area (Å²) in [6, 6.07) is 18.8. The van der Waals surface area contributed by atoms with Gasteiger partial charge in [-0.15, -0.1) is 0 Å². The van der Waals surface area contributed by atoms with Gasteiger partial charge in [-0.2, -0.15) is 10.2 Å². The fraction of sp³-hybridized carbons (Fsp3) is 0.0303. The predicted octanol–water partition coefficient (Wildman–Crippen LogP) is 0.537. The summed E-state index contributed by atoms with van der Waals surface area (Å²) in [6.45, 7) is 0. The molecule has 0 atom stereocenters. The van der Waals surface area contributed by atoms with E-state index in [1.807, 2.05) is 12.1 Å². The first-order valence-electron chi connectivity index (χ1n) is 14.7. The Balaban J connectivity index is 0.000000283. The normalized spacial score (nSPS) is 14.4. The molecule has 0 aromatic heterocycles. The third-order valence-corrected chi connectivity index (χ3v) is 8.71. The molecule has 272 valence electrons. The number of primary sulfonamides is 1. The number of aromatic hydroxyl groups is 2. The number of rotatable bonds is 8. The summed E-state index contributed by atoms with van der Waals surface area (Å²) in [6.07, 6.45) is 6.84. The molecule has 2 aliphatic carbocycles. The van der Waals surface area contributed by atoms with Crippen molar-refractivity contribution in [3.8, 4) is 11.5 Å². The first kappa shape index (κ1) is 43.2. The number of nitro groups is 1. The zero-order valence-electron chi connectivity index (χ0n) is 28.1. The van der Waals surface area contributed by atoms with Crippen LogP contribution in [0.5, 0.6) is 11.5 Å². The molecule has 21 heteroatoms. The summed E-state index contributed by atoms with van der Waals surface area (Å²) in [4.78, 5) is 34.5. The number of phenols is 2. The van der Waals surface area contributed by atoms with Crippen LogP contribution in [0.25, 0.3) is 12.2 Å². The third kappa shape index (κ3) is 10.5. The van der Waals surface area contributed by atoms with Crippen molar-refractivity contribution < 1.29 is 88.5 Å². The number of hydrazone groups is 2. The number of ketones is 2. The molecule has 7 N–H and O–H groups in total. The van der Waals surface area contributed by atoms with Crippen LogP contribution < -0.4 is 50.3 Å². The van der Waals surface area contributed by atoms with Crippen molar-refractivity contribution in [1.82, 2.24) is 0 Å². The van der Waals surface area contributed by atoms with Gasteiger partial charge in [-0.05, 0) is 53.6 Å². The second-order valence-corrected chi connectivity index (χ2v) is 14.3. The number of benzene rings is 4. The summed E-state index contributed by atoms with van der Waals surface area (Å²) in [5, 5.41) is 43.7. The van der Waals surface area contributed by atoms with Gasteiger partial charge in [-0.25, -0.2) is 22.0 Å². The van der Waals surface area contributed by atoms with Gasteiger partial charge in [0.2, 0.25) is 31.6 Å². The molecule has 0 bridgehead atoms. The number of carbonyl (C=O) groups excluding carboxylic acids is 2. The topological polar surface area (TPSA) is 273 Å². The molecule has 0 radical (unpaired) electrons. The number of fused-ring (bicyclic) bond motifs is 2. The van der Waals surface area contributed by atoms with Crippen LogP contribution in [-0.4, -0.2) is 61.2 Å². The van der Waals surface area contributed by atoms with Gasteiger partial charge >= 0.3 is 29.6 Å². The number of nitrogens with two attached hydrogens (primary N) is 1. The van der Waals surface area contributed by atoms with E-state index >= 15 is 0 Å². The monoisotopic (exact) mass is 820 g/mol. The maximum absolute atomic E-state index is 12.4. The van der Waals surface area contributed by atoms with E-state index in [1.165, 1.54) is 36.4 Å². The van der Waals surface area contributed by atoms with Crippen LogP contribution in [0.1, 0.15) is 22.3 Å². The summed E-state index contributed by atoms with van der Waals surface area (Å²) in [5.41, 5.74) is 7.10. The zero-order valence-corrected chi connectivity index (χ0v) is 33.0. The molecule has 6 rings (SSSR count). The number of non-ortho nitro benzene ring substituents is 1. The van der Waals surface area contributed by atoms with Crippen molar-refractivity contribution in [2.24, 2.45) is 15.3 Å². The van der Waals surface area contributed by atoms with Gasteiger partial charge in [0.25, 0.3) is 5.69 Å². The quantitative estimate of drug-likeness (QED) is 0.0616. The van der Waals surface area contributed by atoms with Gasteiger partial charge in [0.1, 0.15) is 28.6 Å². The molecule has 0 amide bonds. The standard InChI is InChI=1S/C17H14N4O6S.C16H13N3O4S.Cr.Na/c1-28(26,27)20-12-4-2-3-10-5-7-15(23)17(16(10)12)19-18-13-9-11(21(24)25)6-8-14(13)22;17-24(22,23)11-6-8-14(20)13(9-11)18-19-16-12-4-2-1-3-10(12)5-7-15(16)21;;/h2-9,18,20,22H,1H3;1-9,18,20H,(H2,17,22,23);;/q;;;+1/b19-17+;19-16-;;. The average molecular weight is 821 g/mol. The van der Waals surface area contributed by atoms with Crippen molar-refractivity contribution in [2.45, 2.75) is 4.90 Å². The zero-order chi connectivity index (χ0) is 37.8. The molecule has 0 spiro atoms. The van der Waals surface area contributed by atoms with E-state index in [-0.39, 0.29) is 109 Å². The van der Waals surface area contributed by atoms with Crippen LogP contribution in [-0.2, 0) is 47.0 Å². The van der Waals surface area contributed by atoms with E-state index in [0.29, 0.717) is 11.1 Å². The Hall–Kier alpha value is -5.17. The molecule has 0 saturated heterocycles. The summed E-state index contributed by atoms with van der Waals surface area (Å²) in [7, 11) is -7.54. The van der Waals surface area contributed by atoms with Crippen molar-refractivity contribution >= 4 is 77.9 Å². The number of nitrogens with one attached hydrogen (secondary N) is 3. The van der Waals surface area contributed by atoms with Crippen molar-refractivity contribution in [3.63, 3.8) is 0 Å². The van der Waals surface area contributed by atoms with Crippen LogP contribution in [0, 0.1) is 10.1 Å². The van der Waals surface area contributed by atoms with E-state index in [9.17, 15) is 46.8 Å². The Morgan fingerprint density at radius 3 is 1.91 bits per heavy atom. The van der Waals surface area contributed by atoms with E-state index in [0.717, 1.165) is 36.1 Å². The minimum absolute atomic E-state index is 0. The first-order chi connectivity index (χ1) is 24.5. The van der Waals surface area contributed by atoms with Crippen LogP contribution in [0.15, 0.2) is 106 Å². The summed E-state index contributed by atoms with van der Waals surface area (Å²) >= 11 is 0. The van der Waals surface area contributed by atoms with Crippen molar-refractivity contribution in [1.29, 1.82) is 0 Å².